The van der Waals surface area contributed by atoms with Crippen LogP contribution in [-0.2, 0) is 4.74 Å². The van der Waals surface area contributed by atoms with Gasteiger partial charge in [0.2, 0.25) is 0 Å². The maximum Gasteiger partial charge on any atom is 0.338 e. The van der Waals surface area contributed by atoms with Gasteiger partial charge in [0, 0.05) is 0 Å². The molecule has 3 rings (SSSR count). The van der Waals surface area contributed by atoms with Crippen LogP contribution in [0.3, 0.4) is 0 Å². The first-order valence-corrected chi connectivity index (χ1v) is 8.72. The number of halogens is 1. The molecule has 2 nitrogen and oxygen atoms in total. The Morgan fingerprint density at radius 3 is 2.04 bits per heavy atom. The minimum absolute atomic E-state index is 0.0528. The number of hydrogen-bond donors (Lipinski definition) is 0. The van der Waals surface area contributed by atoms with Gasteiger partial charge in [0.25, 0.3) is 0 Å². The van der Waals surface area contributed by atoms with E-state index >= 15 is 0 Å². The molecule has 1 aliphatic carbocycles. The predicted octanol–water partition coefficient (Wildman–Crippen LogP) is 5.62. The monoisotopic (exact) mass is 326 g/mol. The van der Waals surface area contributed by atoms with Crippen molar-refractivity contribution in [1.29, 1.82) is 0 Å². The number of carbonyl (C=O) groups is 1. The predicted molar refractivity (Wildman–Crippen MR) is 93.3 cm³/mol. The number of ether oxygens (including phenoxy) is 1. The first-order valence-electron chi connectivity index (χ1n) is 8.72. The van der Waals surface area contributed by atoms with Crippen LogP contribution in [0, 0.1) is 11.7 Å². The van der Waals surface area contributed by atoms with E-state index in [1.807, 2.05) is 12.1 Å². The van der Waals surface area contributed by atoms with Crippen LogP contribution in [0.2, 0.25) is 0 Å². The van der Waals surface area contributed by atoms with Crippen molar-refractivity contribution in [1.82, 2.24) is 0 Å². The maximum absolute atomic E-state index is 13.0. The Morgan fingerprint density at radius 2 is 1.50 bits per heavy atom. The van der Waals surface area contributed by atoms with E-state index in [2.05, 4.69) is 6.92 Å². The van der Waals surface area contributed by atoms with Crippen molar-refractivity contribution in [3.05, 3.63) is 59.9 Å². The minimum atomic E-state index is -0.253. The standard InChI is InChI=1S/C21H23FO2/c1-2-15-3-13-20(14-4-15)24-21(23)18-7-5-16(6-8-18)17-9-11-19(22)12-10-17/h5-12,15,20H,2-4,13-14H2,1H3/t15-,20-. The van der Waals surface area contributed by atoms with Crippen LogP contribution in [0.1, 0.15) is 49.4 Å². The third-order valence-corrected chi connectivity index (χ3v) is 4.94. The fraction of sp³-hybridized carbons (Fsp3) is 0.381. The molecule has 1 saturated carbocycles. The second-order valence-electron chi connectivity index (χ2n) is 6.54. The third kappa shape index (κ3) is 4.02. The average molecular weight is 326 g/mol. The molecule has 0 aromatic heterocycles. The van der Waals surface area contributed by atoms with Crippen molar-refractivity contribution in [2.45, 2.75) is 45.1 Å². The molecule has 0 radical (unpaired) electrons. The molecule has 0 unspecified atom stereocenters. The summed E-state index contributed by atoms with van der Waals surface area (Å²) in [5.41, 5.74) is 2.45. The summed E-state index contributed by atoms with van der Waals surface area (Å²) in [5.74, 6) is 0.285. The summed E-state index contributed by atoms with van der Waals surface area (Å²) in [7, 11) is 0. The number of benzene rings is 2. The molecule has 0 saturated heterocycles. The summed E-state index contributed by atoms with van der Waals surface area (Å²) >= 11 is 0. The number of esters is 1. The lowest BCUT2D eigenvalue weighted by atomic mass is 9.86. The maximum atomic E-state index is 13.0. The van der Waals surface area contributed by atoms with Crippen LogP contribution < -0.4 is 0 Å². The second-order valence-corrected chi connectivity index (χ2v) is 6.54. The highest BCUT2D eigenvalue weighted by Gasteiger charge is 2.23. The smallest absolute Gasteiger partial charge is 0.338 e. The van der Waals surface area contributed by atoms with Gasteiger partial charge in [0.1, 0.15) is 11.9 Å². The summed E-state index contributed by atoms with van der Waals surface area (Å²) < 4.78 is 18.6. The zero-order chi connectivity index (χ0) is 16.9. The van der Waals surface area contributed by atoms with Crippen LogP contribution in [0.15, 0.2) is 48.5 Å². The fourth-order valence-corrected chi connectivity index (χ4v) is 3.32. The van der Waals surface area contributed by atoms with Gasteiger partial charge >= 0.3 is 5.97 Å². The van der Waals surface area contributed by atoms with E-state index in [1.165, 1.54) is 18.6 Å². The molecular weight excluding hydrogens is 303 g/mol. The highest BCUT2D eigenvalue weighted by atomic mass is 19.1. The lowest BCUT2D eigenvalue weighted by Gasteiger charge is -2.27. The summed E-state index contributed by atoms with van der Waals surface area (Å²) in [4.78, 5) is 12.3. The second kappa shape index (κ2) is 7.61. The van der Waals surface area contributed by atoms with Crippen LogP contribution >= 0.6 is 0 Å². The Kier molecular flexibility index (Phi) is 5.29. The molecule has 0 spiro atoms. The number of hydrogen-bond acceptors (Lipinski definition) is 2. The largest absolute Gasteiger partial charge is 0.459 e. The van der Waals surface area contributed by atoms with Crippen LogP contribution in [0.5, 0.6) is 0 Å². The molecule has 1 fully saturated rings. The lowest BCUT2D eigenvalue weighted by molar-refractivity contribution is 0.0164. The molecule has 0 bridgehead atoms. The first-order chi connectivity index (χ1) is 11.7. The molecule has 0 heterocycles. The summed E-state index contributed by atoms with van der Waals surface area (Å²) in [6, 6.07) is 13.6. The Balaban J connectivity index is 1.61. The third-order valence-electron chi connectivity index (χ3n) is 4.94. The van der Waals surface area contributed by atoms with Gasteiger partial charge in [-0.15, -0.1) is 0 Å². The Bertz CT molecular complexity index is 668. The minimum Gasteiger partial charge on any atom is -0.459 e. The molecule has 24 heavy (non-hydrogen) atoms. The van der Waals surface area contributed by atoms with Gasteiger partial charge < -0.3 is 4.74 Å². The van der Waals surface area contributed by atoms with E-state index in [0.29, 0.717) is 5.56 Å². The van der Waals surface area contributed by atoms with E-state index in [-0.39, 0.29) is 17.9 Å². The molecule has 126 valence electrons. The Morgan fingerprint density at radius 1 is 0.958 bits per heavy atom. The highest BCUT2D eigenvalue weighted by Crippen LogP contribution is 2.29. The molecular formula is C21H23FO2. The number of rotatable bonds is 4. The first kappa shape index (κ1) is 16.7. The Hall–Kier alpha value is -2.16. The summed E-state index contributed by atoms with van der Waals surface area (Å²) in [6.45, 7) is 2.22. The lowest BCUT2D eigenvalue weighted by Crippen LogP contribution is -2.24. The van der Waals surface area contributed by atoms with Gasteiger partial charge in [0.15, 0.2) is 0 Å². The molecule has 3 heteroatoms. The van der Waals surface area contributed by atoms with Crippen molar-refractivity contribution in [2.75, 3.05) is 0 Å². The highest BCUT2D eigenvalue weighted by molar-refractivity contribution is 5.90. The molecule has 0 amide bonds. The van der Waals surface area contributed by atoms with Crippen LogP contribution in [0.4, 0.5) is 4.39 Å². The zero-order valence-corrected chi connectivity index (χ0v) is 14.0. The molecule has 0 atom stereocenters. The molecule has 0 N–H and O–H groups in total. The van der Waals surface area contributed by atoms with Crippen molar-refractivity contribution >= 4 is 5.97 Å². The van der Waals surface area contributed by atoms with Crippen LogP contribution in [0.25, 0.3) is 11.1 Å². The van der Waals surface area contributed by atoms with Gasteiger partial charge in [-0.1, -0.05) is 37.6 Å². The normalized spacial score (nSPS) is 20.6. The van der Waals surface area contributed by atoms with Crippen molar-refractivity contribution in [2.24, 2.45) is 5.92 Å². The van der Waals surface area contributed by atoms with E-state index < -0.39 is 0 Å². The van der Waals surface area contributed by atoms with Gasteiger partial charge in [0.05, 0.1) is 5.56 Å². The van der Waals surface area contributed by atoms with Gasteiger partial charge in [-0.2, -0.15) is 0 Å². The van der Waals surface area contributed by atoms with Crippen molar-refractivity contribution in [3.63, 3.8) is 0 Å². The summed E-state index contributed by atoms with van der Waals surface area (Å²) in [6.07, 6.45) is 5.51. The molecule has 0 aliphatic heterocycles. The van der Waals surface area contributed by atoms with Gasteiger partial charge in [-0.25, -0.2) is 9.18 Å². The van der Waals surface area contributed by atoms with E-state index in [9.17, 15) is 9.18 Å². The Labute approximate surface area is 142 Å². The van der Waals surface area contributed by atoms with Crippen molar-refractivity contribution < 1.29 is 13.9 Å². The fourth-order valence-electron chi connectivity index (χ4n) is 3.32. The van der Waals surface area contributed by atoms with Crippen LogP contribution in [-0.4, -0.2) is 12.1 Å². The SMILES string of the molecule is CC[C@H]1CC[C@H](OC(=O)c2ccc(-c3ccc(F)cc3)cc2)CC1. The van der Waals surface area contributed by atoms with E-state index in [1.54, 1.807) is 24.3 Å². The molecule has 2 aromatic carbocycles. The summed E-state index contributed by atoms with van der Waals surface area (Å²) in [5, 5.41) is 0. The number of carbonyl (C=O) groups excluding carboxylic acids is 1. The van der Waals surface area contributed by atoms with E-state index in [0.717, 1.165) is 42.7 Å². The molecule has 1 aliphatic rings. The molecule has 2 aromatic rings. The van der Waals surface area contributed by atoms with Crippen molar-refractivity contribution in [3.8, 4) is 11.1 Å². The topological polar surface area (TPSA) is 26.3 Å². The average Bonchev–Trinajstić information content (AvgIpc) is 2.63. The zero-order valence-electron chi connectivity index (χ0n) is 14.0. The van der Waals surface area contributed by atoms with E-state index in [4.69, 9.17) is 4.74 Å². The van der Waals surface area contributed by atoms with Gasteiger partial charge in [-0.05, 0) is 67.0 Å². The van der Waals surface area contributed by atoms with Gasteiger partial charge in [-0.3, -0.25) is 0 Å². The quantitative estimate of drug-likeness (QED) is 0.682.